The minimum absolute atomic E-state index is 0.169. The monoisotopic (exact) mass is 438 g/mol. The first-order valence-corrected chi connectivity index (χ1v) is 11.1. The van der Waals surface area contributed by atoms with Gasteiger partial charge in [-0.2, -0.15) is 0 Å². The number of anilines is 1. The summed E-state index contributed by atoms with van der Waals surface area (Å²) >= 11 is 12.0. The highest BCUT2D eigenvalue weighted by Crippen LogP contribution is 2.25. The number of halogens is 2. The van der Waals surface area contributed by atoms with Gasteiger partial charge in [-0.1, -0.05) is 41.4 Å². The Morgan fingerprint density at radius 3 is 2.50 bits per heavy atom. The van der Waals surface area contributed by atoms with Crippen LogP contribution in [0.5, 0.6) is 0 Å². The molecule has 0 unspecified atom stereocenters. The summed E-state index contributed by atoms with van der Waals surface area (Å²) in [5.41, 5.74) is 2.27. The van der Waals surface area contributed by atoms with Crippen molar-refractivity contribution < 1.29 is 13.2 Å². The summed E-state index contributed by atoms with van der Waals surface area (Å²) < 4.78 is 25.4. The molecule has 0 bridgehead atoms. The number of carbonyl (C=O) groups is 1. The Balaban J connectivity index is 1.63. The molecular weight excluding hydrogens is 419 g/mol. The van der Waals surface area contributed by atoms with Gasteiger partial charge in [-0.3, -0.25) is 9.10 Å². The van der Waals surface area contributed by atoms with E-state index in [9.17, 15) is 13.2 Å². The molecule has 1 saturated heterocycles. The van der Waals surface area contributed by atoms with E-state index in [2.05, 4.69) is 0 Å². The molecule has 1 amide bonds. The Bertz CT molecular complexity index is 1000. The Morgan fingerprint density at radius 2 is 1.89 bits per heavy atom. The molecule has 0 aliphatic carbocycles. The van der Waals surface area contributed by atoms with Gasteiger partial charge < -0.3 is 4.90 Å². The van der Waals surface area contributed by atoms with Crippen LogP contribution in [0.2, 0.25) is 10.0 Å². The van der Waals surface area contributed by atoms with Crippen LogP contribution in [0, 0.1) is 0 Å². The van der Waals surface area contributed by atoms with Gasteiger partial charge >= 0.3 is 0 Å². The first kappa shape index (κ1) is 20.7. The number of hydrogen-bond acceptors (Lipinski definition) is 3. The Labute approximate surface area is 175 Å². The van der Waals surface area contributed by atoms with Crippen molar-refractivity contribution in [2.24, 2.45) is 0 Å². The zero-order valence-corrected chi connectivity index (χ0v) is 17.6. The summed E-state index contributed by atoms with van der Waals surface area (Å²) in [6, 6.07) is 12.3. The molecule has 5 nitrogen and oxygen atoms in total. The van der Waals surface area contributed by atoms with Crippen molar-refractivity contribution in [1.82, 2.24) is 4.90 Å². The van der Waals surface area contributed by atoms with E-state index in [1.54, 1.807) is 60.5 Å². The molecule has 28 heavy (non-hydrogen) atoms. The third-order valence-corrected chi connectivity index (χ3v) is 6.95. The molecule has 8 heteroatoms. The number of nitrogens with zero attached hydrogens (tertiary/aromatic N) is 2. The van der Waals surface area contributed by atoms with Crippen molar-refractivity contribution in [3.63, 3.8) is 0 Å². The van der Waals surface area contributed by atoms with Crippen LogP contribution in [0.1, 0.15) is 17.5 Å². The maximum absolute atomic E-state index is 12.3. The summed E-state index contributed by atoms with van der Waals surface area (Å²) in [5.74, 6) is 0.0184. The lowest BCUT2D eigenvalue weighted by atomic mass is 10.2. The van der Waals surface area contributed by atoms with Gasteiger partial charge in [0.1, 0.15) is 0 Å². The predicted molar refractivity (Wildman–Crippen MR) is 114 cm³/mol. The fraction of sp³-hybridized carbons (Fsp3) is 0.250. The fourth-order valence-electron chi connectivity index (χ4n) is 2.96. The van der Waals surface area contributed by atoms with E-state index in [0.717, 1.165) is 11.1 Å². The summed E-state index contributed by atoms with van der Waals surface area (Å²) in [6.45, 7) is 0.874. The Morgan fingerprint density at radius 1 is 1.18 bits per heavy atom. The van der Waals surface area contributed by atoms with Crippen molar-refractivity contribution >= 4 is 50.9 Å². The third kappa shape index (κ3) is 4.87. The number of hydrogen-bond donors (Lipinski definition) is 0. The predicted octanol–water partition coefficient (Wildman–Crippen LogP) is 4.21. The van der Waals surface area contributed by atoms with Gasteiger partial charge in [-0.15, -0.1) is 0 Å². The van der Waals surface area contributed by atoms with Crippen molar-refractivity contribution in [1.29, 1.82) is 0 Å². The van der Waals surface area contributed by atoms with E-state index < -0.39 is 10.0 Å². The number of likely N-dealkylation sites (N-methyl/N-ethyl adjacent to an activating group) is 1. The van der Waals surface area contributed by atoms with Crippen molar-refractivity contribution in [2.75, 3.05) is 23.7 Å². The lowest BCUT2D eigenvalue weighted by molar-refractivity contribution is -0.125. The molecule has 0 radical (unpaired) electrons. The minimum Gasteiger partial charge on any atom is -0.338 e. The van der Waals surface area contributed by atoms with Gasteiger partial charge in [0.2, 0.25) is 15.9 Å². The van der Waals surface area contributed by atoms with Crippen LogP contribution < -0.4 is 4.31 Å². The summed E-state index contributed by atoms with van der Waals surface area (Å²) in [6.07, 6.45) is 3.82. The second kappa shape index (κ2) is 8.55. The molecule has 1 fully saturated rings. The molecule has 148 valence electrons. The van der Waals surface area contributed by atoms with E-state index in [1.165, 1.54) is 10.4 Å². The lowest BCUT2D eigenvalue weighted by Gasteiger charge is -2.17. The average molecular weight is 439 g/mol. The molecule has 0 aromatic heterocycles. The Hall–Kier alpha value is -2.02. The zero-order chi connectivity index (χ0) is 20.3. The average Bonchev–Trinajstić information content (AvgIpc) is 3.01. The maximum Gasteiger partial charge on any atom is 0.246 e. The number of rotatable bonds is 5. The molecule has 1 aliphatic rings. The first-order chi connectivity index (χ1) is 13.3. The zero-order valence-electron chi connectivity index (χ0n) is 15.3. The van der Waals surface area contributed by atoms with Crippen LogP contribution in [0.4, 0.5) is 5.69 Å². The van der Waals surface area contributed by atoms with Gasteiger partial charge in [0.25, 0.3) is 0 Å². The van der Waals surface area contributed by atoms with Gasteiger partial charge in [-0.05, 0) is 47.9 Å². The topological polar surface area (TPSA) is 57.7 Å². The lowest BCUT2D eigenvalue weighted by Crippen LogP contribution is -2.24. The molecule has 3 rings (SSSR count). The largest absolute Gasteiger partial charge is 0.338 e. The standard InChI is InChI=1S/C20H20Cl2N2O3S/c1-23(14-16-6-7-17(21)13-19(16)22)20(25)10-5-15-3-8-18(9-4-15)24-11-2-12-28(24,26)27/h3-10,13H,2,11-12,14H2,1H3. The van der Waals surface area contributed by atoms with E-state index in [1.807, 2.05) is 0 Å². The van der Waals surface area contributed by atoms with Gasteiger partial charge in [0.05, 0.1) is 11.4 Å². The molecule has 0 N–H and O–H groups in total. The Kier molecular flexibility index (Phi) is 6.33. The summed E-state index contributed by atoms with van der Waals surface area (Å²) in [5, 5.41) is 1.07. The van der Waals surface area contributed by atoms with Crippen LogP contribution in [0.3, 0.4) is 0 Å². The molecule has 0 spiro atoms. The first-order valence-electron chi connectivity index (χ1n) is 8.74. The quantitative estimate of drug-likeness (QED) is 0.656. The van der Waals surface area contributed by atoms with Crippen LogP contribution >= 0.6 is 23.2 Å². The highest BCUT2D eigenvalue weighted by atomic mass is 35.5. The van der Waals surface area contributed by atoms with Crippen molar-refractivity contribution in [3.8, 4) is 0 Å². The van der Waals surface area contributed by atoms with Crippen LogP contribution in [-0.2, 0) is 21.4 Å². The number of carbonyl (C=O) groups excluding carboxylic acids is 1. The van der Waals surface area contributed by atoms with E-state index in [-0.39, 0.29) is 11.7 Å². The van der Waals surface area contributed by atoms with Crippen LogP contribution in [0.25, 0.3) is 6.08 Å². The molecule has 0 saturated carbocycles. The fourth-order valence-corrected chi connectivity index (χ4v) is 4.99. The van der Waals surface area contributed by atoms with Gasteiger partial charge in [0.15, 0.2) is 0 Å². The number of amides is 1. The van der Waals surface area contributed by atoms with Gasteiger partial charge in [0, 0.05) is 36.3 Å². The molecule has 2 aromatic rings. The highest BCUT2D eigenvalue weighted by Gasteiger charge is 2.28. The molecular formula is C20H20Cl2N2O3S. The van der Waals surface area contributed by atoms with E-state index >= 15 is 0 Å². The molecule has 0 atom stereocenters. The number of sulfonamides is 1. The third-order valence-electron chi connectivity index (χ3n) is 4.50. The molecule has 1 heterocycles. The van der Waals surface area contributed by atoms with Crippen molar-refractivity contribution in [2.45, 2.75) is 13.0 Å². The van der Waals surface area contributed by atoms with E-state index in [4.69, 9.17) is 23.2 Å². The molecule has 1 aliphatic heterocycles. The van der Waals surface area contributed by atoms with Gasteiger partial charge in [-0.25, -0.2) is 8.42 Å². The normalized spacial score (nSPS) is 15.9. The number of benzene rings is 2. The maximum atomic E-state index is 12.3. The smallest absolute Gasteiger partial charge is 0.246 e. The SMILES string of the molecule is CN(Cc1ccc(Cl)cc1Cl)C(=O)C=Cc1ccc(N2CCCS2(=O)=O)cc1. The highest BCUT2D eigenvalue weighted by molar-refractivity contribution is 7.93. The second-order valence-corrected chi connectivity index (χ2v) is 9.45. The van der Waals surface area contributed by atoms with E-state index in [0.29, 0.717) is 35.2 Å². The molecule has 2 aromatic carbocycles. The summed E-state index contributed by atoms with van der Waals surface area (Å²) in [7, 11) is -1.50. The summed E-state index contributed by atoms with van der Waals surface area (Å²) in [4.78, 5) is 13.9. The minimum atomic E-state index is -3.19. The van der Waals surface area contributed by atoms with Crippen molar-refractivity contribution in [3.05, 3.63) is 69.7 Å². The van der Waals surface area contributed by atoms with Crippen LogP contribution in [0.15, 0.2) is 48.5 Å². The second-order valence-electron chi connectivity index (χ2n) is 6.60. The van der Waals surface area contributed by atoms with Crippen LogP contribution in [-0.4, -0.2) is 38.6 Å².